The lowest BCUT2D eigenvalue weighted by atomic mass is 10.2. The first-order valence-electron chi connectivity index (χ1n) is 5.19. The lowest BCUT2D eigenvalue weighted by molar-refractivity contribution is 1.05. The molecule has 1 heteroatoms. The Morgan fingerprint density at radius 3 is 1.73 bits per heavy atom. The van der Waals surface area contributed by atoms with Gasteiger partial charge in [-0.25, -0.2) is 0 Å². The molecular formula is C14H12N-. The molecule has 3 rings (SSSR count). The van der Waals surface area contributed by atoms with Gasteiger partial charge in [-0.2, -0.15) is 0 Å². The highest BCUT2D eigenvalue weighted by molar-refractivity contribution is 6.08. The van der Waals surface area contributed by atoms with Gasteiger partial charge in [-0.05, 0) is 0 Å². The normalized spacial score (nSPS) is 11.0. The lowest BCUT2D eigenvalue weighted by Crippen LogP contribution is -1.89. The first kappa shape index (κ1) is 8.42. The molecular weight excluding hydrogens is 182 g/mol. The average molecular weight is 194 g/mol. The second-order valence-corrected chi connectivity index (χ2v) is 3.66. The molecule has 2 aromatic carbocycles. The number of benzene rings is 2. The van der Waals surface area contributed by atoms with Crippen molar-refractivity contribution in [1.29, 1.82) is 0 Å². The summed E-state index contributed by atoms with van der Waals surface area (Å²) in [5.74, 6) is 0. The zero-order valence-electron chi connectivity index (χ0n) is 8.64. The fourth-order valence-electron chi connectivity index (χ4n) is 2.23. The van der Waals surface area contributed by atoms with Crippen LogP contribution in [0.1, 0.15) is 6.92 Å². The van der Waals surface area contributed by atoms with Crippen molar-refractivity contribution >= 4 is 21.8 Å². The molecule has 0 saturated heterocycles. The molecule has 0 aliphatic carbocycles. The van der Waals surface area contributed by atoms with Crippen LogP contribution in [0.2, 0.25) is 0 Å². The summed E-state index contributed by atoms with van der Waals surface area (Å²) >= 11 is 0. The molecule has 1 aromatic heterocycles. The molecule has 0 bridgehead atoms. The average Bonchev–Trinajstić information content (AvgIpc) is 2.63. The molecule has 0 radical (unpaired) electrons. The van der Waals surface area contributed by atoms with Crippen molar-refractivity contribution in [1.82, 2.24) is 4.57 Å². The predicted octanol–water partition coefficient (Wildman–Crippen LogP) is 3.82. The van der Waals surface area contributed by atoms with Gasteiger partial charge in [0.2, 0.25) is 0 Å². The van der Waals surface area contributed by atoms with E-state index >= 15 is 0 Å². The number of rotatable bonds is 1. The van der Waals surface area contributed by atoms with E-state index in [4.69, 9.17) is 0 Å². The van der Waals surface area contributed by atoms with E-state index < -0.39 is 0 Å². The van der Waals surface area contributed by atoms with Crippen LogP contribution >= 0.6 is 0 Å². The fraction of sp³-hybridized carbons (Fsp3) is 0.0714. The van der Waals surface area contributed by atoms with Crippen molar-refractivity contribution in [2.45, 2.75) is 6.92 Å². The van der Waals surface area contributed by atoms with Gasteiger partial charge in [0.15, 0.2) is 0 Å². The number of para-hydroxylation sites is 2. The smallest absolute Gasteiger partial charge is 0.0566 e. The van der Waals surface area contributed by atoms with Gasteiger partial charge >= 0.3 is 0 Å². The Balaban J connectivity index is 2.62. The van der Waals surface area contributed by atoms with Crippen molar-refractivity contribution < 1.29 is 0 Å². The third-order valence-corrected chi connectivity index (χ3v) is 2.88. The summed E-state index contributed by atoms with van der Waals surface area (Å²) in [7, 11) is 0. The van der Waals surface area contributed by atoms with Crippen LogP contribution in [-0.2, 0) is 0 Å². The summed E-state index contributed by atoms with van der Waals surface area (Å²) < 4.78 is 2.24. The van der Waals surface area contributed by atoms with Gasteiger partial charge < -0.3 is 4.57 Å². The van der Waals surface area contributed by atoms with E-state index in [1.54, 1.807) is 0 Å². The van der Waals surface area contributed by atoms with Gasteiger partial charge in [-0.1, -0.05) is 77.3 Å². The van der Waals surface area contributed by atoms with E-state index in [0.717, 1.165) is 0 Å². The van der Waals surface area contributed by atoms with Crippen LogP contribution in [0.15, 0.2) is 48.5 Å². The molecule has 0 saturated carbocycles. The number of hydrogen-bond acceptors (Lipinski definition) is 0. The van der Waals surface area contributed by atoms with E-state index in [1.165, 1.54) is 21.8 Å². The summed E-state index contributed by atoms with van der Waals surface area (Å²) in [5, 5.41) is 2.65. The highest BCUT2D eigenvalue weighted by atomic mass is 15.0. The molecule has 0 spiro atoms. The zero-order valence-corrected chi connectivity index (χ0v) is 8.64. The molecule has 1 heterocycles. The Morgan fingerprint density at radius 1 is 0.800 bits per heavy atom. The predicted molar refractivity (Wildman–Crippen MR) is 64.8 cm³/mol. The minimum atomic E-state index is 1.28. The molecule has 1 nitrogen and oxygen atoms in total. The molecule has 0 atom stereocenters. The molecule has 0 fully saturated rings. The summed E-state index contributed by atoms with van der Waals surface area (Å²) in [5.41, 5.74) is 2.56. The molecule has 15 heavy (non-hydrogen) atoms. The first-order valence-corrected chi connectivity index (χ1v) is 5.19. The number of nitrogens with zero attached hydrogens (tertiary/aromatic N) is 1. The van der Waals surface area contributed by atoms with Crippen molar-refractivity contribution in [3.8, 4) is 0 Å². The largest absolute Gasteiger partial charge is 0.478 e. The van der Waals surface area contributed by atoms with Crippen LogP contribution in [-0.4, -0.2) is 4.57 Å². The van der Waals surface area contributed by atoms with Gasteiger partial charge in [0.05, 0.1) is 0 Å². The molecule has 0 N–H and O–H groups in total. The van der Waals surface area contributed by atoms with E-state index in [9.17, 15) is 0 Å². The van der Waals surface area contributed by atoms with Crippen LogP contribution in [0.4, 0.5) is 0 Å². The van der Waals surface area contributed by atoms with Crippen LogP contribution in [0.5, 0.6) is 0 Å². The van der Waals surface area contributed by atoms with Crippen LogP contribution in [0.25, 0.3) is 21.8 Å². The van der Waals surface area contributed by atoms with Gasteiger partial charge in [0.25, 0.3) is 0 Å². The standard InChI is InChI=1S/C14H12N/c1-2-15-13-9-5-3-7-11(13)12-8-4-6-10-14(12)15/h2-10H,1H3/q-1. The van der Waals surface area contributed by atoms with Crippen molar-refractivity contribution in [2.24, 2.45) is 0 Å². The molecule has 3 aromatic rings. The molecule has 0 aliphatic heterocycles. The monoisotopic (exact) mass is 194 g/mol. The van der Waals surface area contributed by atoms with Crippen LogP contribution < -0.4 is 0 Å². The first-order chi connectivity index (χ1) is 7.42. The molecule has 0 amide bonds. The second kappa shape index (κ2) is 3.06. The SMILES string of the molecule is C[CH-]n1c2ccccc2c2ccccc21. The van der Waals surface area contributed by atoms with E-state index in [-0.39, 0.29) is 0 Å². The maximum atomic E-state index is 2.24. The van der Waals surface area contributed by atoms with Crippen molar-refractivity contribution in [2.75, 3.05) is 0 Å². The van der Waals surface area contributed by atoms with Gasteiger partial charge in [-0.3, -0.25) is 0 Å². The quantitative estimate of drug-likeness (QED) is 0.519. The summed E-state index contributed by atoms with van der Waals surface area (Å²) in [6.45, 7) is 4.18. The highest BCUT2D eigenvalue weighted by Crippen LogP contribution is 2.28. The van der Waals surface area contributed by atoms with Crippen molar-refractivity contribution in [3.05, 3.63) is 55.1 Å². The number of fused-ring (bicyclic) bond motifs is 3. The fourth-order valence-corrected chi connectivity index (χ4v) is 2.23. The third-order valence-electron chi connectivity index (χ3n) is 2.88. The third kappa shape index (κ3) is 1.06. The van der Waals surface area contributed by atoms with Crippen LogP contribution in [0, 0.1) is 6.54 Å². The zero-order chi connectivity index (χ0) is 10.3. The number of aromatic nitrogens is 1. The molecule has 0 unspecified atom stereocenters. The number of hydrogen-bond donors (Lipinski definition) is 0. The minimum absolute atomic E-state index is 1.28. The Kier molecular flexibility index (Phi) is 1.72. The van der Waals surface area contributed by atoms with Crippen molar-refractivity contribution in [3.63, 3.8) is 0 Å². The van der Waals surface area contributed by atoms with Gasteiger partial charge in [0, 0.05) is 0 Å². The Morgan fingerprint density at radius 2 is 1.27 bits per heavy atom. The maximum absolute atomic E-state index is 2.24. The maximum Gasteiger partial charge on any atom is -0.0566 e. The summed E-state index contributed by atoms with van der Waals surface area (Å²) in [4.78, 5) is 0. The molecule has 0 aliphatic rings. The minimum Gasteiger partial charge on any atom is -0.478 e. The second-order valence-electron chi connectivity index (χ2n) is 3.66. The van der Waals surface area contributed by atoms with Gasteiger partial charge in [-0.15, -0.1) is 6.54 Å². The van der Waals surface area contributed by atoms with Gasteiger partial charge in [0.1, 0.15) is 0 Å². The van der Waals surface area contributed by atoms with E-state index in [1.807, 2.05) is 0 Å². The van der Waals surface area contributed by atoms with Crippen LogP contribution in [0.3, 0.4) is 0 Å². The highest BCUT2D eigenvalue weighted by Gasteiger charge is 1.98. The topological polar surface area (TPSA) is 4.93 Å². The Labute approximate surface area is 88.9 Å². The Bertz CT molecular complexity index is 566. The summed E-state index contributed by atoms with van der Waals surface area (Å²) in [6, 6.07) is 17.0. The Hall–Kier alpha value is -1.89. The lowest BCUT2D eigenvalue weighted by Gasteiger charge is -2.12. The summed E-state index contributed by atoms with van der Waals surface area (Å²) in [6.07, 6.45) is 0. The van der Waals surface area contributed by atoms with E-state index in [0.29, 0.717) is 0 Å². The molecule has 74 valence electrons. The van der Waals surface area contributed by atoms with E-state index in [2.05, 4.69) is 66.6 Å².